The fourth-order valence-corrected chi connectivity index (χ4v) is 1.70. The van der Waals surface area contributed by atoms with Crippen molar-refractivity contribution in [2.24, 2.45) is 0 Å². The van der Waals surface area contributed by atoms with E-state index < -0.39 is 0 Å². The lowest BCUT2D eigenvalue weighted by Crippen LogP contribution is -2.20. The van der Waals surface area contributed by atoms with Crippen molar-refractivity contribution in [2.75, 3.05) is 20.1 Å². The smallest absolute Gasteiger partial charge is 0.122 e. The van der Waals surface area contributed by atoms with Gasteiger partial charge in [0.25, 0.3) is 0 Å². The average Bonchev–Trinajstić information content (AvgIpc) is 2.71. The zero-order valence-corrected chi connectivity index (χ0v) is 10.8. The summed E-state index contributed by atoms with van der Waals surface area (Å²) in [6, 6.07) is 2.08. The Bertz CT molecular complexity index is 283. The van der Waals surface area contributed by atoms with Crippen molar-refractivity contribution >= 4 is 0 Å². The monoisotopic (exact) mass is 224 g/mol. The molecule has 1 N–H and O–H groups in total. The van der Waals surface area contributed by atoms with Gasteiger partial charge in [0.15, 0.2) is 0 Å². The maximum absolute atomic E-state index is 5.48. The highest BCUT2D eigenvalue weighted by atomic mass is 16.3. The Kier molecular flexibility index (Phi) is 6.19. The lowest BCUT2D eigenvalue weighted by molar-refractivity contribution is 0.316. The van der Waals surface area contributed by atoms with Gasteiger partial charge in [-0.25, -0.2) is 0 Å². The molecule has 0 saturated heterocycles. The third-order valence-electron chi connectivity index (χ3n) is 2.71. The van der Waals surface area contributed by atoms with Gasteiger partial charge in [-0.15, -0.1) is 0 Å². The summed E-state index contributed by atoms with van der Waals surface area (Å²) in [5.41, 5.74) is 1.31. The number of rotatable bonds is 8. The van der Waals surface area contributed by atoms with Gasteiger partial charge in [0.05, 0.1) is 12.8 Å². The summed E-state index contributed by atoms with van der Waals surface area (Å²) in [6.07, 6.45) is 4.30. The molecule has 1 aromatic rings. The van der Waals surface area contributed by atoms with Crippen LogP contribution >= 0.6 is 0 Å². The molecule has 0 unspecified atom stereocenters. The molecule has 1 aromatic heterocycles. The van der Waals surface area contributed by atoms with E-state index in [-0.39, 0.29) is 0 Å². The van der Waals surface area contributed by atoms with Gasteiger partial charge in [-0.05, 0) is 32.6 Å². The van der Waals surface area contributed by atoms with E-state index in [1.807, 2.05) is 0 Å². The molecular formula is C13H24N2O. The quantitative estimate of drug-likeness (QED) is 0.736. The molecule has 0 fully saturated rings. The molecule has 0 aromatic carbocycles. The molecule has 0 saturated carbocycles. The summed E-state index contributed by atoms with van der Waals surface area (Å²) < 4.78 is 5.48. The Morgan fingerprint density at radius 3 is 2.88 bits per heavy atom. The molecule has 1 heterocycles. The second kappa shape index (κ2) is 7.47. The Balaban J connectivity index is 2.42. The van der Waals surface area contributed by atoms with Gasteiger partial charge in [0, 0.05) is 12.1 Å². The normalized spacial score (nSPS) is 11.2. The van der Waals surface area contributed by atoms with Gasteiger partial charge in [-0.2, -0.15) is 0 Å². The Morgan fingerprint density at radius 1 is 1.38 bits per heavy atom. The molecule has 0 spiro atoms. The van der Waals surface area contributed by atoms with Gasteiger partial charge in [0.1, 0.15) is 5.76 Å². The van der Waals surface area contributed by atoms with Crippen LogP contribution in [0.25, 0.3) is 0 Å². The van der Waals surface area contributed by atoms with E-state index in [0.717, 1.165) is 31.9 Å². The van der Waals surface area contributed by atoms with E-state index in [1.54, 1.807) is 6.26 Å². The number of furan rings is 1. The minimum absolute atomic E-state index is 0.834. The Labute approximate surface area is 98.8 Å². The lowest BCUT2D eigenvalue weighted by atomic mass is 10.2. The van der Waals surface area contributed by atoms with E-state index >= 15 is 0 Å². The first kappa shape index (κ1) is 13.3. The maximum Gasteiger partial charge on any atom is 0.122 e. The summed E-state index contributed by atoms with van der Waals surface area (Å²) in [4.78, 5) is 2.35. The molecule has 0 aliphatic heterocycles. The van der Waals surface area contributed by atoms with Crippen LogP contribution in [-0.4, -0.2) is 25.0 Å². The molecule has 0 amide bonds. The van der Waals surface area contributed by atoms with E-state index in [4.69, 9.17) is 4.42 Å². The summed E-state index contributed by atoms with van der Waals surface area (Å²) in [6.45, 7) is 8.28. The van der Waals surface area contributed by atoms with Gasteiger partial charge < -0.3 is 14.6 Å². The highest BCUT2D eigenvalue weighted by molar-refractivity contribution is 5.16. The van der Waals surface area contributed by atoms with Crippen molar-refractivity contribution in [1.29, 1.82) is 0 Å². The van der Waals surface area contributed by atoms with E-state index in [2.05, 4.69) is 37.2 Å². The molecule has 0 radical (unpaired) electrons. The minimum atomic E-state index is 0.834. The minimum Gasteiger partial charge on any atom is -0.468 e. The highest BCUT2D eigenvalue weighted by Crippen LogP contribution is 2.12. The zero-order valence-electron chi connectivity index (χ0n) is 10.8. The predicted octanol–water partition coefficient (Wildman–Crippen LogP) is 2.62. The maximum atomic E-state index is 5.48. The first-order chi connectivity index (χ1) is 7.77. The third kappa shape index (κ3) is 4.37. The molecule has 1 rings (SSSR count). The lowest BCUT2D eigenvalue weighted by Gasteiger charge is -2.15. The molecule has 16 heavy (non-hydrogen) atoms. The van der Waals surface area contributed by atoms with Crippen molar-refractivity contribution in [3.8, 4) is 0 Å². The SMILES string of the molecule is CCCCN(C)Cc1ccoc1CNCC. The highest BCUT2D eigenvalue weighted by Gasteiger charge is 2.07. The second-order valence-electron chi connectivity index (χ2n) is 4.24. The van der Waals surface area contributed by atoms with Crippen molar-refractivity contribution < 1.29 is 4.42 Å². The molecule has 3 heteroatoms. The van der Waals surface area contributed by atoms with Gasteiger partial charge in [0.2, 0.25) is 0 Å². The first-order valence-corrected chi connectivity index (χ1v) is 6.22. The Morgan fingerprint density at radius 2 is 2.19 bits per heavy atom. The van der Waals surface area contributed by atoms with E-state index in [9.17, 15) is 0 Å². The largest absolute Gasteiger partial charge is 0.468 e. The van der Waals surface area contributed by atoms with Crippen LogP contribution in [0.2, 0.25) is 0 Å². The fraction of sp³-hybridized carbons (Fsp3) is 0.692. The van der Waals surface area contributed by atoms with Gasteiger partial charge in [-0.1, -0.05) is 20.3 Å². The number of unbranched alkanes of at least 4 members (excludes halogenated alkanes) is 1. The summed E-state index contributed by atoms with van der Waals surface area (Å²) in [5, 5.41) is 3.30. The van der Waals surface area contributed by atoms with Crippen LogP contribution in [0, 0.1) is 0 Å². The van der Waals surface area contributed by atoms with Crippen LogP contribution in [0.3, 0.4) is 0 Å². The van der Waals surface area contributed by atoms with Crippen LogP contribution in [0.1, 0.15) is 38.0 Å². The average molecular weight is 224 g/mol. The summed E-state index contributed by atoms with van der Waals surface area (Å²) in [7, 11) is 2.17. The summed E-state index contributed by atoms with van der Waals surface area (Å²) >= 11 is 0. The van der Waals surface area contributed by atoms with Gasteiger partial charge in [-0.3, -0.25) is 0 Å². The van der Waals surface area contributed by atoms with Crippen LogP contribution < -0.4 is 5.32 Å². The first-order valence-electron chi connectivity index (χ1n) is 6.22. The van der Waals surface area contributed by atoms with E-state index in [1.165, 1.54) is 18.4 Å². The number of hydrogen-bond acceptors (Lipinski definition) is 3. The van der Waals surface area contributed by atoms with Crippen LogP contribution in [0.4, 0.5) is 0 Å². The van der Waals surface area contributed by atoms with Crippen molar-refractivity contribution in [2.45, 2.75) is 39.8 Å². The molecular weight excluding hydrogens is 200 g/mol. The summed E-state index contributed by atoms with van der Waals surface area (Å²) in [5.74, 6) is 1.07. The number of nitrogens with one attached hydrogen (secondary N) is 1. The Hall–Kier alpha value is -0.800. The molecule has 92 valence electrons. The van der Waals surface area contributed by atoms with E-state index in [0.29, 0.717) is 0 Å². The van der Waals surface area contributed by atoms with Crippen LogP contribution in [-0.2, 0) is 13.1 Å². The third-order valence-corrected chi connectivity index (χ3v) is 2.71. The molecule has 3 nitrogen and oxygen atoms in total. The molecule has 0 aliphatic rings. The topological polar surface area (TPSA) is 28.4 Å². The number of hydrogen-bond donors (Lipinski definition) is 1. The standard InChI is InChI=1S/C13H24N2O/c1-4-6-8-15(3)11-12-7-9-16-13(12)10-14-5-2/h7,9,14H,4-6,8,10-11H2,1-3H3. The fourth-order valence-electron chi connectivity index (χ4n) is 1.70. The van der Waals surface area contributed by atoms with Crippen molar-refractivity contribution in [3.63, 3.8) is 0 Å². The van der Waals surface area contributed by atoms with Crippen LogP contribution in [0.5, 0.6) is 0 Å². The molecule has 0 atom stereocenters. The zero-order chi connectivity index (χ0) is 11.8. The van der Waals surface area contributed by atoms with Crippen molar-refractivity contribution in [3.05, 3.63) is 23.7 Å². The number of nitrogens with zero attached hydrogens (tertiary/aromatic N) is 1. The van der Waals surface area contributed by atoms with Crippen molar-refractivity contribution in [1.82, 2.24) is 10.2 Å². The van der Waals surface area contributed by atoms with Gasteiger partial charge >= 0.3 is 0 Å². The molecule has 0 bridgehead atoms. The van der Waals surface area contributed by atoms with Crippen LogP contribution in [0.15, 0.2) is 16.7 Å². The predicted molar refractivity (Wildman–Crippen MR) is 67.3 cm³/mol. The second-order valence-corrected chi connectivity index (χ2v) is 4.24. The molecule has 0 aliphatic carbocycles.